The first kappa shape index (κ1) is 17.3. The average Bonchev–Trinajstić information content (AvgIpc) is 2.79. The van der Waals surface area contributed by atoms with Crippen molar-refractivity contribution in [1.82, 2.24) is 4.90 Å². The Kier molecular flexibility index (Phi) is 5.62. The lowest BCUT2D eigenvalue weighted by Gasteiger charge is -2.14. The molecule has 1 aromatic rings. The van der Waals surface area contributed by atoms with Gasteiger partial charge in [0.15, 0.2) is 0 Å². The second kappa shape index (κ2) is 7.47. The molecule has 8 heteroatoms. The molecule has 122 valence electrons. The van der Waals surface area contributed by atoms with Gasteiger partial charge in [-0.15, -0.1) is 0 Å². The summed E-state index contributed by atoms with van der Waals surface area (Å²) in [4.78, 5) is 24.5. The molecule has 1 amide bonds. The van der Waals surface area contributed by atoms with Crippen molar-refractivity contribution in [3.05, 3.63) is 28.7 Å². The molecule has 0 atom stereocenters. The van der Waals surface area contributed by atoms with Gasteiger partial charge >= 0.3 is 0 Å². The van der Waals surface area contributed by atoms with Crippen LogP contribution < -0.4 is 14.6 Å². The lowest BCUT2D eigenvalue weighted by molar-refractivity contribution is -0.305. The Labute approximate surface area is 143 Å². The topological polar surface area (TPSA) is 78.9 Å². The minimum atomic E-state index is -1.22. The molecule has 1 heterocycles. The van der Waals surface area contributed by atoms with E-state index in [2.05, 4.69) is 0 Å². The fraction of sp³-hybridized carbons (Fsp3) is 0.267. The Bertz CT molecular complexity index is 686. The molecular weight excluding hydrogens is 338 g/mol. The number of methoxy groups -OCH3 is 2. The first-order valence-corrected chi connectivity index (χ1v) is 7.86. The zero-order chi connectivity index (χ0) is 17.0. The second-order valence-corrected chi connectivity index (χ2v) is 6.24. The van der Waals surface area contributed by atoms with Crippen LogP contribution in [-0.4, -0.2) is 41.9 Å². The minimum Gasteiger partial charge on any atom is -0.550 e. The number of ether oxygens (including phenoxy) is 2. The van der Waals surface area contributed by atoms with Crippen molar-refractivity contribution in [3.63, 3.8) is 0 Å². The lowest BCUT2D eigenvalue weighted by Crippen LogP contribution is -2.33. The van der Waals surface area contributed by atoms with Crippen LogP contribution in [0.15, 0.2) is 23.1 Å². The number of aliphatic carboxylic acids is 1. The third-order valence-electron chi connectivity index (χ3n) is 3.14. The SMILES string of the molecule is COc1ccc(/C=C2\SC(=S)N(CCC(=O)[O-])C2=O)c(OC)c1. The predicted octanol–water partition coefficient (Wildman–Crippen LogP) is 1.04. The highest BCUT2D eigenvalue weighted by Gasteiger charge is 2.31. The Hall–Kier alpha value is -2.06. The summed E-state index contributed by atoms with van der Waals surface area (Å²) >= 11 is 6.25. The molecule has 0 unspecified atom stereocenters. The smallest absolute Gasteiger partial charge is 0.266 e. The van der Waals surface area contributed by atoms with Gasteiger partial charge in [0.25, 0.3) is 5.91 Å². The van der Waals surface area contributed by atoms with Crippen LogP contribution in [0.4, 0.5) is 0 Å². The highest BCUT2D eigenvalue weighted by Crippen LogP contribution is 2.35. The molecule has 0 saturated carbocycles. The normalized spacial score (nSPS) is 16.1. The lowest BCUT2D eigenvalue weighted by atomic mass is 10.1. The molecule has 1 aromatic carbocycles. The minimum absolute atomic E-state index is 0.00406. The predicted molar refractivity (Wildman–Crippen MR) is 89.0 cm³/mol. The Morgan fingerprint density at radius 3 is 2.74 bits per heavy atom. The van der Waals surface area contributed by atoms with E-state index in [9.17, 15) is 14.7 Å². The zero-order valence-corrected chi connectivity index (χ0v) is 14.2. The molecule has 0 bridgehead atoms. The van der Waals surface area contributed by atoms with Crippen LogP contribution in [0.1, 0.15) is 12.0 Å². The summed E-state index contributed by atoms with van der Waals surface area (Å²) in [5.74, 6) is -0.344. The van der Waals surface area contributed by atoms with Gasteiger partial charge in [0.2, 0.25) is 0 Å². The maximum atomic E-state index is 12.3. The number of carboxylic acids is 1. The molecule has 1 aliphatic heterocycles. The number of carbonyl (C=O) groups excluding carboxylic acids is 2. The van der Waals surface area contributed by atoms with Gasteiger partial charge in [-0.2, -0.15) is 0 Å². The van der Waals surface area contributed by atoms with Crippen molar-refractivity contribution >= 4 is 46.3 Å². The van der Waals surface area contributed by atoms with Gasteiger partial charge in [0.05, 0.1) is 19.1 Å². The quantitative estimate of drug-likeness (QED) is 0.559. The summed E-state index contributed by atoms with van der Waals surface area (Å²) in [6.07, 6.45) is 1.40. The summed E-state index contributed by atoms with van der Waals surface area (Å²) in [6, 6.07) is 5.24. The van der Waals surface area contributed by atoms with Crippen molar-refractivity contribution in [2.24, 2.45) is 0 Å². The molecule has 1 aliphatic rings. The van der Waals surface area contributed by atoms with Gasteiger partial charge in [-0.25, -0.2) is 0 Å². The number of thioether (sulfide) groups is 1. The van der Waals surface area contributed by atoms with E-state index in [1.807, 2.05) is 0 Å². The van der Waals surface area contributed by atoms with Crippen molar-refractivity contribution < 1.29 is 24.2 Å². The number of thiocarbonyl (C=S) groups is 1. The first-order valence-electron chi connectivity index (χ1n) is 6.63. The molecule has 0 radical (unpaired) electrons. The number of nitrogens with zero attached hydrogens (tertiary/aromatic N) is 1. The monoisotopic (exact) mass is 352 g/mol. The summed E-state index contributed by atoms with van der Waals surface area (Å²) < 4.78 is 10.7. The molecule has 2 rings (SSSR count). The maximum absolute atomic E-state index is 12.3. The molecule has 1 saturated heterocycles. The molecule has 0 spiro atoms. The third-order valence-corrected chi connectivity index (χ3v) is 4.52. The highest BCUT2D eigenvalue weighted by atomic mass is 32.2. The van der Waals surface area contributed by atoms with E-state index >= 15 is 0 Å². The van der Waals surface area contributed by atoms with Crippen LogP contribution >= 0.6 is 24.0 Å². The third kappa shape index (κ3) is 4.02. The van der Waals surface area contributed by atoms with E-state index in [0.29, 0.717) is 26.3 Å². The molecule has 23 heavy (non-hydrogen) atoms. The summed E-state index contributed by atoms with van der Waals surface area (Å²) in [5.41, 5.74) is 0.703. The van der Waals surface area contributed by atoms with E-state index in [4.69, 9.17) is 21.7 Å². The summed E-state index contributed by atoms with van der Waals surface area (Å²) in [6.45, 7) is 0.00406. The van der Waals surface area contributed by atoms with E-state index < -0.39 is 5.97 Å². The highest BCUT2D eigenvalue weighted by molar-refractivity contribution is 8.26. The van der Waals surface area contributed by atoms with Crippen LogP contribution in [0.2, 0.25) is 0 Å². The van der Waals surface area contributed by atoms with E-state index in [0.717, 1.165) is 11.8 Å². The molecule has 0 N–H and O–H groups in total. The van der Waals surface area contributed by atoms with Crippen LogP contribution in [0.5, 0.6) is 11.5 Å². The standard InChI is InChI=1S/C15H15NO5S2/c1-20-10-4-3-9(11(8-10)21-2)7-12-14(19)16(15(22)23-12)6-5-13(17)18/h3-4,7-8H,5-6H2,1-2H3,(H,17,18)/p-1/b12-7-. The molecular formula is C15H14NO5S2-. The molecule has 6 nitrogen and oxygen atoms in total. The fourth-order valence-electron chi connectivity index (χ4n) is 1.97. The van der Waals surface area contributed by atoms with Crippen molar-refractivity contribution in [2.75, 3.05) is 20.8 Å². The van der Waals surface area contributed by atoms with Crippen molar-refractivity contribution in [2.45, 2.75) is 6.42 Å². The summed E-state index contributed by atoms with van der Waals surface area (Å²) in [7, 11) is 3.08. The number of rotatable bonds is 6. The Morgan fingerprint density at radius 2 is 2.13 bits per heavy atom. The van der Waals surface area contributed by atoms with Crippen molar-refractivity contribution in [3.8, 4) is 11.5 Å². The van der Waals surface area contributed by atoms with E-state index in [1.54, 1.807) is 31.4 Å². The molecule has 0 aliphatic carbocycles. The van der Waals surface area contributed by atoms with Gasteiger partial charge in [0, 0.05) is 30.6 Å². The number of hydrogen-bond donors (Lipinski definition) is 0. The van der Waals surface area contributed by atoms with Gasteiger partial charge in [-0.1, -0.05) is 24.0 Å². The van der Waals surface area contributed by atoms with Crippen LogP contribution in [0.25, 0.3) is 6.08 Å². The van der Waals surface area contributed by atoms with Gasteiger partial charge in [0.1, 0.15) is 15.8 Å². The second-order valence-electron chi connectivity index (χ2n) is 4.56. The van der Waals surface area contributed by atoms with Crippen LogP contribution in [-0.2, 0) is 9.59 Å². The number of amides is 1. The van der Waals surface area contributed by atoms with Gasteiger partial charge in [-0.05, 0) is 18.2 Å². The number of carboxylic acid groups (broad SMARTS) is 1. The van der Waals surface area contributed by atoms with Crippen LogP contribution in [0.3, 0.4) is 0 Å². The summed E-state index contributed by atoms with van der Waals surface area (Å²) in [5, 5.41) is 10.5. The fourth-order valence-corrected chi connectivity index (χ4v) is 3.27. The van der Waals surface area contributed by atoms with E-state index in [1.165, 1.54) is 12.0 Å². The maximum Gasteiger partial charge on any atom is 0.266 e. The Balaban J connectivity index is 2.25. The first-order chi connectivity index (χ1) is 11.0. The largest absolute Gasteiger partial charge is 0.550 e. The number of carbonyl (C=O) groups is 2. The molecule has 0 aromatic heterocycles. The number of benzene rings is 1. The number of hydrogen-bond acceptors (Lipinski definition) is 7. The van der Waals surface area contributed by atoms with E-state index in [-0.39, 0.29) is 18.9 Å². The van der Waals surface area contributed by atoms with Crippen molar-refractivity contribution in [1.29, 1.82) is 0 Å². The zero-order valence-electron chi connectivity index (χ0n) is 12.5. The van der Waals surface area contributed by atoms with Gasteiger partial charge < -0.3 is 19.4 Å². The van der Waals surface area contributed by atoms with Crippen LogP contribution in [0, 0.1) is 0 Å². The van der Waals surface area contributed by atoms with Gasteiger partial charge in [-0.3, -0.25) is 9.69 Å². The molecule has 1 fully saturated rings. The Morgan fingerprint density at radius 1 is 1.39 bits per heavy atom. The average molecular weight is 352 g/mol.